The minimum Gasteiger partial charge on any atom is -0.494 e. The van der Waals surface area contributed by atoms with Crippen molar-refractivity contribution in [3.63, 3.8) is 0 Å². The molecule has 7 nitrogen and oxygen atoms in total. The van der Waals surface area contributed by atoms with Crippen LogP contribution in [-0.4, -0.2) is 45.4 Å². The van der Waals surface area contributed by atoms with E-state index in [9.17, 15) is 17.6 Å². The largest absolute Gasteiger partial charge is 0.494 e. The fourth-order valence-electron chi connectivity index (χ4n) is 3.80. The molecule has 2 aromatic heterocycles. The van der Waals surface area contributed by atoms with Crippen molar-refractivity contribution in [2.45, 2.75) is 25.4 Å². The number of hydrogen-bond donors (Lipinski definition) is 2. The lowest BCUT2D eigenvalue weighted by Crippen LogP contribution is -2.21. The number of alkyl halides is 3. The van der Waals surface area contributed by atoms with Crippen molar-refractivity contribution >= 4 is 17.0 Å². The normalized spacial score (nSPS) is 14.9. The number of carboxylic acids is 1. The Kier molecular flexibility index (Phi) is 7.09. The van der Waals surface area contributed by atoms with Crippen LogP contribution in [-0.2, 0) is 11.2 Å². The Bertz CT molecular complexity index is 1370. The van der Waals surface area contributed by atoms with Gasteiger partial charge in [-0.1, -0.05) is 0 Å². The van der Waals surface area contributed by atoms with Crippen molar-refractivity contribution < 1.29 is 36.9 Å². The summed E-state index contributed by atoms with van der Waals surface area (Å²) >= 11 is 0. The van der Waals surface area contributed by atoms with Crippen LogP contribution in [0.4, 0.5) is 17.6 Å². The van der Waals surface area contributed by atoms with Gasteiger partial charge in [0.05, 0.1) is 24.6 Å². The number of rotatable bonds is 4. The lowest BCUT2D eigenvalue weighted by molar-refractivity contribution is -0.192. The topological polar surface area (TPSA) is 97.3 Å². The number of halogens is 4. The van der Waals surface area contributed by atoms with Gasteiger partial charge in [-0.15, -0.1) is 0 Å². The second kappa shape index (κ2) is 10.2. The first kappa shape index (κ1) is 25.0. The Morgan fingerprint density at radius 3 is 2.56 bits per heavy atom. The van der Waals surface area contributed by atoms with Crippen LogP contribution in [0.25, 0.3) is 22.2 Å². The molecule has 0 saturated heterocycles. The van der Waals surface area contributed by atoms with E-state index in [-0.39, 0.29) is 11.7 Å². The van der Waals surface area contributed by atoms with E-state index in [1.54, 1.807) is 12.4 Å². The molecule has 0 bridgehead atoms. The van der Waals surface area contributed by atoms with Crippen LogP contribution in [0.5, 0.6) is 11.5 Å². The molecule has 36 heavy (non-hydrogen) atoms. The number of ether oxygens (including phenoxy) is 2. The molecule has 5 rings (SSSR count). The summed E-state index contributed by atoms with van der Waals surface area (Å²) in [5, 5.41) is 7.12. The van der Waals surface area contributed by atoms with Gasteiger partial charge in [0.15, 0.2) is 5.82 Å². The summed E-state index contributed by atoms with van der Waals surface area (Å²) in [6.07, 6.45) is -0.929. The number of nitrogens with zero attached hydrogens (tertiary/aromatic N) is 2. The first-order valence-electron chi connectivity index (χ1n) is 10.9. The zero-order valence-electron chi connectivity index (χ0n) is 19.0. The number of pyridine rings is 1. The zero-order valence-corrected chi connectivity index (χ0v) is 19.0. The highest BCUT2D eigenvalue weighted by molar-refractivity contribution is 5.82. The van der Waals surface area contributed by atoms with Gasteiger partial charge in [-0.05, 0) is 72.5 Å². The Balaban J connectivity index is 0.000000384. The monoisotopic (exact) mass is 503 g/mol. The smallest absolute Gasteiger partial charge is 0.490 e. The molecule has 0 saturated carbocycles. The highest BCUT2D eigenvalue weighted by atomic mass is 19.4. The molecule has 2 N–H and O–H groups in total. The van der Waals surface area contributed by atoms with Crippen molar-refractivity contribution in [1.29, 1.82) is 0 Å². The van der Waals surface area contributed by atoms with E-state index < -0.39 is 12.1 Å². The Morgan fingerprint density at radius 1 is 1.17 bits per heavy atom. The van der Waals surface area contributed by atoms with Crippen LogP contribution < -0.4 is 9.47 Å². The van der Waals surface area contributed by atoms with E-state index in [2.05, 4.69) is 15.0 Å². The summed E-state index contributed by atoms with van der Waals surface area (Å²) in [5.74, 6) is -0.644. The Labute approximate surface area is 202 Å². The Hall–Kier alpha value is -4.15. The highest BCUT2D eigenvalue weighted by Crippen LogP contribution is 2.35. The van der Waals surface area contributed by atoms with Crippen molar-refractivity contribution in [3.8, 4) is 22.6 Å². The van der Waals surface area contributed by atoms with Gasteiger partial charge < -0.3 is 19.6 Å². The zero-order chi connectivity index (χ0) is 25.9. The molecule has 2 aromatic carbocycles. The molecule has 3 heterocycles. The molecule has 0 radical (unpaired) electrons. The number of H-pyrrole nitrogens is 1. The summed E-state index contributed by atoms with van der Waals surface area (Å²) in [4.78, 5) is 20.8. The third-order valence-electron chi connectivity index (χ3n) is 5.45. The predicted molar refractivity (Wildman–Crippen MR) is 123 cm³/mol. The summed E-state index contributed by atoms with van der Waals surface area (Å²) in [5.41, 5.74) is 3.81. The first-order valence-corrected chi connectivity index (χ1v) is 10.9. The maximum Gasteiger partial charge on any atom is 0.490 e. The molecule has 0 spiro atoms. The fraction of sp³-hybridized carbons (Fsp3) is 0.240. The standard InChI is InChI=1S/C23H20FN3O2.C2HF3O2/c1-2-28-18-3-4-21-16(10-18)9-17(13-29-21)23-26-20-12-15(11-19(24)22(20)27-23)14-5-7-25-8-6-14;3-2(4,5)1(6)7/h3-8,10-12,17H,2,9,13H2,1H3,(H,26,27);(H,6,7). The molecule has 1 aliphatic rings. The first-order chi connectivity index (χ1) is 17.2. The van der Waals surface area contributed by atoms with Gasteiger partial charge in [-0.25, -0.2) is 14.2 Å². The number of aromatic nitrogens is 3. The molecule has 4 aromatic rings. The summed E-state index contributed by atoms with van der Waals surface area (Å²) in [6.45, 7) is 3.08. The van der Waals surface area contributed by atoms with E-state index in [0.717, 1.165) is 40.4 Å². The van der Waals surface area contributed by atoms with E-state index in [1.807, 2.05) is 43.3 Å². The molecule has 188 valence electrons. The Morgan fingerprint density at radius 2 is 1.89 bits per heavy atom. The third kappa shape index (κ3) is 5.56. The van der Waals surface area contributed by atoms with Gasteiger partial charge in [-0.2, -0.15) is 13.2 Å². The number of nitrogens with one attached hydrogen (secondary N) is 1. The number of fused-ring (bicyclic) bond motifs is 2. The summed E-state index contributed by atoms with van der Waals surface area (Å²) in [7, 11) is 0. The number of benzene rings is 2. The van der Waals surface area contributed by atoms with Gasteiger partial charge in [0.2, 0.25) is 0 Å². The number of aliphatic carboxylic acids is 1. The lowest BCUT2D eigenvalue weighted by atomic mass is 9.96. The van der Waals surface area contributed by atoms with Gasteiger partial charge in [0.25, 0.3) is 0 Å². The number of carboxylic acid groups (broad SMARTS) is 1. The lowest BCUT2D eigenvalue weighted by Gasteiger charge is -2.24. The van der Waals surface area contributed by atoms with Crippen LogP contribution in [0, 0.1) is 5.82 Å². The molecule has 1 unspecified atom stereocenters. The van der Waals surface area contributed by atoms with Gasteiger partial charge >= 0.3 is 12.1 Å². The van der Waals surface area contributed by atoms with E-state index in [0.29, 0.717) is 24.2 Å². The van der Waals surface area contributed by atoms with Crippen LogP contribution in [0.3, 0.4) is 0 Å². The molecular formula is C25H21F4N3O4. The van der Waals surface area contributed by atoms with E-state index >= 15 is 0 Å². The number of hydrogen-bond acceptors (Lipinski definition) is 5. The summed E-state index contributed by atoms with van der Waals surface area (Å²) < 4.78 is 58.0. The number of imidazole rings is 1. The molecule has 0 aliphatic carbocycles. The average Bonchev–Trinajstić information content (AvgIpc) is 3.29. The van der Waals surface area contributed by atoms with Crippen LogP contribution in [0.2, 0.25) is 0 Å². The molecule has 0 amide bonds. The maximum absolute atomic E-state index is 14.7. The van der Waals surface area contributed by atoms with Crippen LogP contribution in [0.1, 0.15) is 24.2 Å². The minimum atomic E-state index is -5.08. The average molecular weight is 503 g/mol. The molecule has 0 fully saturated rings. The van der Waals surface area contributed by atoms with Crippen molar-refractivity contribution in [1.82, 2.24) is 15.0 Å². The van der Waals surface area contributed by atoms with Crippen molar-refractivity contribution in [2.75, 3.05) is 13.2 Å². The van der Waals surface area contributed by atoms with Gasteiger partial charge in [0, 0.05) is 12.4 Å². The van der Waals surface area contributed by atoms with Crippen LogP contribution in [0.15, 0.2) is 54.9 Å². The number of aromatic amines is 1. The predicted octanol–water partition coefficient (Wildman–Crippen LogP) is 5.51. The van der Waals surface area contributed by atoms with E-state index in [4.69, 9.17) is 19.4 Å². The highest BCUT2D eigenvalue weighted by Gasteiger charge is 2.38. The second-order valence-corrected chi connectivity index (χ2v) is 7.93. The second-order valence-electron chi connectivity index (χ2n) is 7.93. The van der Waals surface area contributed by atoms with Crippen molar-refractivity contribution in [3.05, 3.63) is 72.1 Å². The van der Waals surface area contributed by atoms with Crippen LogP contribution >= 0.6 is 0 Å². The SMILES string of the molecule is CCOc1ccc2c(c1)CC(c1nc3c(F)cc(-c4ccncc4)cc3[nH]1)CO2.O=C(O)C(F)(F)F. The number of carbonyl (C=O) groups is 1. The maximum atomic E-state index is 14.7. The van der Waals surface area contributed by atoms with Gasteiger partial charge in [-0.3, -0.25) is 4.98 Å². The molecule has 1 atom stereocenters. The van der Waals surface area contributed by atoms with Gasteiger partial charge in [0.1, 0.15) is 22.8 Å². The van der Waals surface area contributed by atoms with Crippen molar-refractivity contribution in [2.24, 2.45) is 0 Å². The fourth-order valence-corrected chi connectivity index (χ4v) is 3.80. The third-order valence-corrected chi connectivity index (χ3v) is 5.45. The summed E-state index contributed by atoms with van der Waals surface area (Å²) in [6, 6.07) is 13.0. The quantitative estimate of drug-likeness (QED) is 0.356. The van der Waals surface area contributed by atoms with E-state index in [1.165, 1.54) is 6.07 Å². The molecule has 11 heteroatoms. The molecule has 1 aliphatic heterocycles. The minimum absolute atomic E-state index is 0.0237. The molecular weight excluding hydrogens is 482 g/mol.